The van der Waals surface area contributed by atoms with Crippen molar-refractivity contribution < 1.29 is 18.7 Å². The predicted octanol–water partition coefficient (Wildman–Crippen LogP) is 2.67. The predicted molar refractivity (Wildman–Crippen MR) is 96.3 cm³/mol. The molecule has 2 heterocycles. The van der Waals surface area contributed by atoms with Gasteiger partial charge in [-0.25, -0.2) is 4.39 Å². The van der Waals surface area contributed by atoms with Crippen LogP contribution >= 0.6 is 0 Å². The van der Waals surface area contributed by atoms with E-state index in [1.165, 1.54) is 12.1 Å². The third-order valence-electron chi connectivity index (χ3n) is 4.11. The van der Waals surface area contributed by atoms with E-state index in [2.05, 4.69) is 15.4 Å². The summed E-state index contributed by atoms with van der Waals surface area (Å²) < 4.78 is 26.5. The number of aldehydes is 1. The second-order valence-electron chi connectivity index (χ2n) is 5.91. The van der Waals surface area contributed by atoms with Crippen molar-refractivity contribution in [1.82, 2.24) is 14.8 Å². The Morgan fingerprint density at radius 3 is 2.67 bits per heavy atom. The quantitative estimate of drug-likeness (QED) is 0.674. The first kappa shape index (κ1) is 17.3. The van der Waals surface area contributed by atoms with Crippen LogP contribution in [0, 0.1) is 5.82 Å². The Morgan fingerprint density at radius 2 is 1.96 bits per heavy atom. The molecule has 1 aliphatic rings. The van der Waals surface area contributed by atoms with Gasteiger partial charge in [0.1, 0.15) is 5.82 Å². The largest absolute Gasteiger partial charge is 0.349 e. The highest BCUT2D eigenvalue weighted by molar-refractivity contribution is 5.76. The van der Waals surface area contributed by atoms with Gasteiger partial charge in [-0.05, 0) is 24.3 Å². The first-order valence-electron chi connectivity index (χ1n) is 8.49. The summed E-state index contributed by atoms with van der Waals surface area (Å²) in [6.45, 7) is 1.53. The van der Waals surface area contributed by atoms with E-state index in [9.17, 15) is 9.18 Å². The highest BCUT2D eigenvalue weighted by atomic mass is 19.1. The van der Waals surface area contributed by atoms with Crippen LogP contribution in [0.5, 0.6) is 0 Å². The van der Waals surface area contributed by atoms with Crippen LogP contribution < -0.4 is 5.32 Å². The maximum Gasteiger partial charge on any atom is 0.226 e. The van der Waals surface area contributed by atoms with Crippen molar-refractivity contribution in [2.24, 2.45) is 0 Å². The van der Waals surface area contributed by atoms with Crippen molar-refractivity contribution in [3.05, 3.63) is 59.9 Å². The molecule has 0 saturated carbocycles. The average molecular weight is 368 g/mol. The summed E-state index contributed by atoms with van der Waals surface area (Å²) in [6.07, 6.45) is 0.127. The van der Waals surface area contributed by atoms with Gasteiger partial charge in [0.2, 0.25) is 5.95 Å². The number of hydrogen-bond donors (Lipinski definition) is 1. The summed E-state index contributed by atoms with van der Waals surface area (Å²) in [5.41, 5.74) is 1.27. The van der Waals surface area contributed by atoms with Crippen molar-refractivity contribution >= 4 is 12.2 Å². The van der Waals surface area contributed by atoms with E-state index in [0.717, 1.165) is 5.69 Å². The summed E-state index contributed by atoms with van der Waals surface area (Å²) in [6, 6.07) is 13.7. The number of nitrogens with zero attached hydrogens (tertiary/aromatic N) is 3. The lowest BCUT2D eigenvalue weighted by atomic mass is 10.1. The van der Waals surface area contributed by atoms with Crippen LogP contribution in [0.25, 0.3) is 17.1 Å². The molecular formula is C19H17FN4O3. The second kappa shape index (κ2) is 7.65. The van der Waals surface area contributed by atoms with E-state index >= 15 is 0 Å². The molecule has 1 aliphatic heterocycles. The van der Waals surface area contributed by atoms with Crippen molar-refractivity contribution in [3.63, 3.8) is 0 Å². The fraction of sp³-hybridized carbons (Fsp3) is 0.211. The number of halogens is 1. The molecular weight excluding hydrogens is 351 g/mol. The molecule has 1 N–H and O–H groups in total. The topological polar surface area (TPSA) is 78.3 Å². The number of rotatable bonds is 6. The summed E-state index contributed by atoms with van der Waals surface area (Å²) in [5, 5.41) is 7.67. The molecule has 0 atom stereocenters. The smallest absolute Gasteiger partial charge is 0.226 e. The van der Waals surface area contributed by atoms with Gasteiger partial charge in [0.25, 0.3) is 0 Å². The fourth-order valence-electron chi connectivity index (χ4n) is 2.76. The highest BCUT2D eigenvalue weighted by Crippen LogP contribution is 2.23. The number of nitrogens with one attached hydrogen (secondary N) is 1. The second-order valence-corrected chi connectivity index (χ2v) is 5.91. The van der Waals surface area contributed by atoms with E-state index in [0.29, 0.717) is 43.4 Å². The number of ether oxygens (including phenoxy) is 2. The molecule has 0 bridgehead atoms. The molecule has 0 spiro atoms. The first-order chi connectivity index (χ1) is 13.2. The van der Waals surface area contributed by atoms with Gasteiger partial charge in [0.15, 0.2) is 18.4 Å². The molecule has 4 rings (SSSR count). The molecule has 1 saturated heterocycles. The summed E-state index contributed by atoms with van der Waals surface area (Å²) in [5.74, 6) is 0.210. The highest BCUT2D eigenvalue weighted by Gasteiger charge is 2.19. The molecule has 3 aromatic rings. The lowest BCUT2D eigenvalue weighted by molar-refractivity contribution is -0.0300. The SMILES string of the molecule is O=Cc1ccc(-c2nc(NCC3OCCO3)n(-c3ccccc3)n2)cc1F. The number of carbonyl (C=O) groups is 1. The van der Waals surface area contributed by atoms with Crippen LogP contribution in [-0.4, -0.2) is 47.1 Å². The fourth-order valence-corrected chi connectivity index (χ4v) is 2.76. The van der Waals surface area contributed by atoms with Gasteiger partial charge >= 0.3 is 0 Å². The van der Waals surface area contributed by atoms with Gasteiger partial charge in [-0.2, -0.15) is 9.67 Å². The van der Waals surface area contributed by atoms with Crippen LogP contribution in [0.15, 0.2) is 48.5 Å². The Morgan fingerprint density at radius 1 is 1.19 bits per heavy atom. The minimum Gasteiger partial charge on any atom is -0.349 e. The number of hydrogen-bond acceptors (Lipinski definition) is 6. The van der Waals surface area contributed by atoms with E-state index in [1.807, 2.05) is 30.3 Å². The van der Waals surface area contributed by atoms with Crippen molar-refractivity contribution in [2.75, 3.05) is 25.1 Å². The standard InChI is InChI=1S/C19H17FN4O3/c20-16-10-13(6-7-14(16)12-25)18-22-19(21-11-17-26-8-9-27-17)24(23-18)15-4-2-1-3-5-15/h1-7,10,12,17H,8-9,11H2,(H,21,22,23). The maximum atomic E-state index is 14.0. The summed E-state index contributed by atoms with van der Waals surface area (Å²) in [4.78, 5) is 15.3. The monoisotopic (exact) mass is 368 g/mol. The normalized spacial score (nSPS) is 14.4. The van der Waals surface area contributed by atoms with Crippen LogP contribution in [0.4, 0.5) is 10.3 Å². The van der Waals surface area contributed by atoms with Crippen LogP contribution in [0.2, 0.25) is 0 Å². The zero-order valence-corrected chi connectivity index (χ0v) is 14.3. The molecule has 1 aromatic heterocycles. The zero-order chi connectivity index (χ0) is 18.6. The van der Waals surface area contributed by atoms with E-state index in [1.54, 1.807) is 10.7 Å². The molecule has 2 aromatic carbocycles. The summed E-state index contributed by atoms with van der Waals surface area (Å²) >= 11 is 0. The molecule has 0 aliphatic carbocycles. The Hall–Kier alpha value is -3.10. The number of benzene rings is 2. The summed E-state index contributed by atoms with van der Waals surface area (Å²) in [7, 11) is 0. The lowest BCUT2D eigenvalue weighted by Crippen LogP contribution is -2.22. The number of para-hydroxylation sites is 1. The van der Waals surface area contributed by atoms with Gasteiger partial charge in [-0.15, -0.1) is 5.10 Å². The molecule has 0 amide bonds. The molecule has 27 heavy (non-hydrogen) atoms. The van der Waals surface area contributed by atoms with Gasteiger partial charge in [-0.3, -0.25) is 4.79 Å². The molecule has 7 nitrogen and oxygen atoms in total. The van der Waals surface area contributed by atoms with Crippen molar-refractivity contribution in [1.29, 1.82) is 0 Å². The Kier molecular flexibility index (Phi) is 4.91. The minimum absolute atomic E-state index is 0.00452. The van der Waals surface area contributed by atoms with Crippen molar-refractivity contribution in [2.45, 2.75) is 6.29 Å². The van der Waals surface area contributed by atoms with Crippen LogP contribution in [0.1, 0.15) is 10.4 Å². The van der Waals surface area contributed by atoms with Gasteiger partial charge in [0, 0.05) is 5.56 Å². The Balaban J connectivity index is 1.68. The molecule has 1 fully saturated rings. The van der Waals surface area contributed by atoms with Gasteiger partial charge in [0.05, 0.1) is 31.0 Å². The van der Waals surface area contributed by atoms with Crippen LogP contribution in [0.3, 0.4) is 0 Å². The van der Waals surface area contributed by atoms with Gasteiger partial charge < -0.3 is 14.8 Å². The third kappa shape index (κ3) is 3.71. The molecule has 0 radical (unpaired) electrons. The molecule has 0 unspecified atom stereocenters. The van der Waals surface area contributed by atoms with E-state index in [-0.39, 0.29) is 11.9 Å². The Bertz CT molecular complexity index is 939. The number of aromatic nitrogens is 3. The van der Waals surface area contributed by atoms with Gasteiger partial charge in [-0.1, -0.05) is 24.3 Å². The van der Waals surface area contributed by atoms with Crippen molar-refractivity contribution in [3.8, 4) is 17.1 Å². The first-order valence-corrected chi connectivity index (χ1v) is 8.49. The lowest BCUT2D eigenvalue weighted by Gasteiger charge is -2.11. The number of carbonyl (C=O) groups excluding carboxylic acids is 1. The van der Waals surface area contributed by atoms with E-state index in [4.69, 9.17) is 9.47 Å². The zero-order valence-electron chi connectivity index (χ0n) is 14.3. The number of anilines is 1. The van der Waals surface area contributed by atoms with E-state index < -0.39 is 5.82 Å². The third-order valence-corrected chi connectivity index (χ3v) is 4.11. The van der Waals surface area contributed by atoms with Crippen LogP contribution in [-0.2, 0) is 9.47 Å². The molecule has 138 valence electrons. The minimum atomic E-state index is -0.610. The molecule has 8 heteroatoms. The Labute approximate surface area is 154 Å². The average Bonchev–Trinajstić information content (AvgIpc) is 3.37. The maximum absolute atomic E-state index is 14.0.